The molecule has 0 saturated heterocycles. The number of aromatic hydroxyl groups is 2. The van der Waals surface area contributed by atoms with Gasteiger partial charge in [-0.25, -0.2) is 0 Å². The van der Waals surface area contributed by atoms with E-state index in [0.717, 1.165) is 12.1 Å². The fourth-order valence-electron chi connectivity index (χ4n) is 3.34. The molecule has 1 amide bonds. The molecule has 186 valence electrons. The number of carbonyl (C=O) groups is 1. The number of phenolic OH excluding ortho intramolecular Hbond substituents is 2. The van der Waals surface area contributed by atoms with Gasteiger partial charge in [-0.1, -0.05) is 46.9 Å². The van der Waals surface area contributed by atoms with Crippen LogP contribution in [-0.4, -0.2) is 21.0 Å². The summed E-state index contributed by atoms with van der Waals surface area (Å²) < 4.78 is 41.8. The van der Waals surface area contributed by atoms with Crippen LogP contribution in [0.4, 0.5) is 24.5 Å². The van der Waals surface area contributed by atoms with Crippen LogP contribution in [0.25, 0.3) is 0 Å². The molecular weight excluding hydrogens is 550 g/mol. The summed E-state index contributed by atoms with van der Waals surface area (Å²) in [7, 11) is 0. The Morgan fingerprint density at radius 2 is 1.67 bits per heavy atom. The Bertz CT molecular complexity index is 1440. The summed E-state index contributed by atoms with van der Waals surface area (Å²) in [6.07, 6.45) is -4.98. The number of nitro benzene ring substituents is 1. The number of nitro groups is 1. The average Bonchev–Trinajstić information content (AvgIpc) is 2.78. The molecule has 0 aliphatic rings. The quantitative estimate of drug-likeness (QED) is 0.229. The molecule has 0 aliphatic heterocycles. The lowest BCUT2D eigenvalue weighted by Crippen LogP contribution is -2.16. The fraction of sp³-hybridized carbons (Fsp3) is 0.0909. The third kappa shape index (κ3) is 5.26. The van der Waals surface area contributed by atoms with Crippen LogP contribution >= 0.6 is 34.8 Å². The highest BCUT2D eigenvalue weighted by Gasteiger charge is 2.37. The predicted octanol–water partition coefficient (Wildman–Crippen LogP) is 6.89. The molecule has 0 aliphatic carbocycles. The van der Waals surface area contributed by atoms with Crippen LogP contribution in [0.15, 0.2) is 42.5 Å². The minimum atomic E-state index is -4.98. The lowest BCUT2D eigenvalue weighted by Gasteiger charge is -2.19. The zero-order valence-electron chi connectivity index (χ0n) is 17.4. The molecule has 0 saturated carbocycles. The first kappa shape index (κ1) is 26.9. The van der Waals surface area contributed by atoms with E-state index >= 15 is 0 Å². The van der Waals surface area contributed by atoms with Crippen molar-refractivity contribution < 1.29 is 33.1 Å². The number of anilines is 1. The normalized spacial score (nSPS) is 12.0. The largest absolute Gasteiger partial charge is 0.505 e. The second-order valence-electron chi connectivity index (χ2n) is 7.19. The molecule has 0 aromatic heterocycles. The topological polar surface area (TPSA) is 136 Å². The maximum Gasteiger partial charge on any atom is 0.416 e. The zero-order valence-corrected chi connectivity index (χ0v) is 19.7. The van der Waals surface area contributed by atoms with Crippen LogP contribution < -0.4 is 5.32 Å². The standard InChI is InChI=1S/C22H11Cl3F3N3O5/c23-9-1-3-12(15(24)5-9)13(8-29)11-4-2-10(6-14(11)22(26,27)28)30-21(34)18-19(32)16(25)7-17(20(18)33)31(35)36/h1-7,13,32-33H,(H,30,34). The summed E-state index contributed by atoms with van der Waals surface area (Å²) >= 11 is 17.6. The van der Waals surface area contributed by atoms with E-state index in [1.54, 1.807) is 6.07 Å². The van der Waals surface area contributed by atoms with Gasteiger partial charge in [-0.15, -0.1) is 0 Å². The number of nitrogens with one attached hydrogen (secondary N) is 1. The summed E-state index contributed by atoms with van der Waals surface area (Å²) in [6.45, 7) is 0. The minimum absolute atomic E-state index is 0.0342. The maximum atomic E-state index is 13.9. The molecule has 3 rings (SSSR count). The van der Waals surface area contributed by atoms with Crippen LogP contribution in [0.3, 0.4) is 0 Å². The first-order valence-electron chi connectivity index (χ1n) is 9.52. The number of rotatable bonds is 5. The second-order valence-corrected chi connectivity index (χ2v) is 8.44. The molecule has 0 spiro atoms. The van der Waals surface area contributed by atoms with Crippen LogP contribution in [-0.2, 0) is 6.18 Å². The van der Waals surface area contributed by atoms with E-state index in [-0.39, 0.29) is 15.6 Å². The van der Waals surface area contributed by atoms with E-state index in [0.29, 0.717) is 12.1 Å². The Hall–Kier alpha value is -3.72. The molecule has 1 atom stereocenters. The van der Waals surface area contributed by atoms with Gasteiger partial charge in [0.15, 0.2) is 5.75 Å². The first-order chi connectivity index (χ1) is 16.8. The Labute approximate surface area is 215 Å². The Balaban J connectivity index is 2.09. The van der Waals surface area contributed by atoms with Gasteiger partial charge in [0, 0.05) is 21.8 Å². The number of phenols is 2. The van der Waals surface area contributed by atoms with Crippen LogP contribution in [0, 0.1) is 21.4 Å². The van der Waals surface area contributed by atoms with Crippen LogP contribution in [0.2, 0.25) is 15.1 Å². The summed E-state index contributed by atoms with van der Waals surface area (Å²) in [5, 5.41) is 42.3. The molecule has 3 aromatic carbocycles. The van der Waals surface area contributed by atoms with Crippen molar-refractivity contribution in [3.8, 4) is 17.6 Å². The summed E-state index contributed by atoms with van der Waals surface area (Å²) in [5.41, 5.74) is -4.19. The van der Waals surface area contributed by atoms with E-state index < -0.39 is 67.5 Å². The van der Waals surface area contributed by atoms with E-state index in [1.807, 2.05) is 5.32 Å². The second kappa shape index (κ2) is 10.1. The van der Waals surface area contributed by atoms with Crippen molar-refractivity contribution >= 4 is 52.1 Å². The number of nitriles is 1. The number of benzene rings is 3. The van der Waals surface area contributed by atoms with E-state index in [9.17, 15) is 43.6 Å². The van der Waals surface area contributed by atoms with Crippen LogP contribution in [0.1, 0.15) is 33.0 Å². The summed E-state index contributed by atoms with van der Waals surface area (Å²) in [5.74, 6) is -5.10. The molecule has 3 aromatic rings. The number of hydrogen-bond donors (Lipinski definition) is 3. The monoisotopic (exact) mass is 559 g/mol. The van der Waals surface area contributed by atoms with Crippen molar-refractivity contribution in [2.24, 2.45) is 0 Å². The third-order valence-corrected chi connectivity index (χ3v) is 5.81. The molecule has 8 nitrogen and oxygen atoms in total. The molecule has 1 unspecified atom stereocenters. The number of carbonyl (C=O) groups excluding carboxylic acids is 1. The van der Waals surface area contributed by atoms with E-state index in [2.05, 4.69) is 0 Å². The highest BCUT2D eigenvalue weighted by Crippen LogP contribution is 2.43. The molecule has 14 heteroatoms. The van der Waals surface area contributed by atoms with Crippen molar-refractivity contribution in [2.45, 2.75) is 12.1 Å². The molecular formula is C22H11Cl3F3N3O5. The van der Waals surface area contributed by atoms with E-state index in [1.165, 1.54) is 18.2 Å². The Morgan fingerprint density at radius 3 is 2.22 bits per heavy atom. The van der Waals surface area contributed by atoms with Crippen molar-refractivity contribution in [3.63, 3.8) is 0 Å². The van der Waals surface area contributed by atoms with Gasteiger partial charge >= 0.3 is 11.9 Å². The number of halogens is 6. The van der Waals surface area contributed by atoms with Gasteiger partial charge in [-0.3, -0.25) is 14.9 Å². The van der Waals surface area contributed by atoms with Crippen LogP contribution in [0.5, 0.6) is 11.5 Å². The van der Waals surface area contributed by atoms with Crippen molar-refractivity contribution in [1.82, 2.24) is 0 Å². The van der Waals surface area contributed by atoms with E-state index in [4.69, 9.17) is 34.8 Å². The predicted molar refractivity (Wildman–Crippen MR) is 125 cm³/mol. The van der Waals surface area contributed by atoms with Crippen molar-refractivity contribution in [1.29, 1.82) is 5.26 Å². The Kier molecular flexibility index (Phi) is 7.54. The fourth-order valence-corrected chi connectivity index (χ4v) is 4.05. The maximum absolute atomic E-state index is 13.9. The molecule has 0 heterocycles. The molecule has 36 heavy (non-hydrogen) atoms. The number of amides is 1. The number of hydrogen-bond acceptors (Lipinski definition) is 6. The van der Waals surface area contributed by atoms with Gasteiger partial charge in [-0.05, 0) is 35.4 Å². The lowest BCUT2D eigenvalue weighted by molar-refractivity contribution is -0.385. The average molecular weight is 561 g/mol. The molecule has 0 bridgehead atoms. The van der Waals surface area contributed by atoms with Gasteiger partial charge in [0.25, 0.3) is 5.91 Å². The summed E-state index contributed by atoms with van der Waals surface area (Å²) in [4.78, 5) is 22.6. The number of nitrogens with zero attached hydrogens (tertiary/aromatic N) is 2. The van der Waals surface area contributed by atoms with Gasteiger partial charge in [-0.2, -0.15) is 18.4 Å². The van der Waals surface area contributed by atoms with Gasteiger partial charge in [0.05, 0.1) is 27.5 Å². The lowest BCUT2D eigenvalue weighted by atomic mass is 9.88. The molecule has 0 fully saturated rings. The summed E-state index contributed by atoms with van der Waals surface area (Å²) in [6, 6.07) is 8.81. The highest BCUT2D eigenvalue weighted by atomic mass is 35.5. The SMILES string of the molecule is N#CC(c1ccc(Cl)cc1Cl)c1ccc(NC(=O)c2c(O)c(Cl)cc([N+](=O)[O-])c2O)cc1C(F)(F)F. The molecule has 3 N–H and O–H groups in total. The Morgan fingerprint density at radius 1 is 1.03 bits per heavy atom. The number of alkyl halides is 3. The molecule has 0 radical (unpaired) electrons. The van der Waals surface area contributed by atoms with Gasteiger partial charge in [0.1, 0.15) is 5.56 Å². The van der Waals surface area contributed by atoms with Gasteiger partial charge in [0.2, 0.25) is 5.75 Å². The van der Waals surface area contributed by atoms with Gasteiger partial charge < -0.3 is 15.5 Å². The smallest absolute Gasteiger partial charge is 0.416 e. The van der Waals surface area contributed by atoms with Crippen molar-refractivity contribution in [3.05, 3.63) is 89.9 Å². The van der Waals surface area contributed by atoms with Crippen molar-refractivity contribution in [2.75, 3.05) is 5.32 Å². The third-order valence-electron chi connectivity index (χ3n) is 4.96. The highest BCUT2D eigenvalue weighted by molar-refractivity contribution is 6.35. The first-order valence-corrected chi connectivity index (χ1v) is 10.7. The minimum Gasteiger partial charge on any atom is -0.505 e. The zero-order chi connectivity index (χ0) is 26.9.